The molecule has 0 aliphatic carbocycles. The van der Waals surface area contributed by atoms with Gasteiger partial charge in [0.15, 0.2) is 0 Å². The van der Waals surface area contributed by atoms with E-state index >= 15 is 0 Å². The van der Waals surface area contributed by atoms with E-state index < -0.39 is 5.23 Å². The predicted octanol–water partition coefficient (Wildman–Crippen LogP) is 1.35. The van der Waals surface area contributed by atoms with Gasteiger partial charge in [-0.2, -0.15) is 15.4 Å². The zero-order valence-electron chi connectivity index (χ0n) is 16.4. The molecule has 0 spiro atoms. The summed E-state index contributed by atoms with van der Waals surface area (Å²) in [4.78, 5) is 15.4. The van der Waals surface area contributed by atoms with Crippen molar-refractivity contribution in [1.82, 2.24) is 15.0 Å². The number of pyridine rings is 1. The van der Waals surface area contributed by atoms with Gasteiger partial charge in [0.2, 0.25) is 11.6 Å². The molecule has 1 saturated heterocycles. The van der Waals surface area contributed by atoms with Crippen molar-refractivity contribution >= 4 is 29.0 Å². The fourth-order valence-corrected chi connectivity index (χ4v) is 3.13. The lowest BCUT2D eigenvalue weighted by atomic mass is 10.1. The molecule has 28 heavy (non-hydrogen) atoms. The van der Waals surface area contributed by atoms with Crippen LogP contribution in [-0.2, 0) is 4.74 Å². The number of nitrogens with one attached hydrogen (secondary N) is 3. The van der Waals surface area contributed by atoms with Gasteiger partial charge in [0.1, 0.15) is 17.3 Å². The molecule has 5 N–H and O–H groups in total. The van der Waals surface area contributed by atoms with Gasteiger partial charge in [-0.15, -0.1) is 0 Å². The molecule has 0 atom stereocenters. The van der Waals surface area contributed by atoms with Crippen molar-refractivity contribution in [2.24, 2.45) is 0 Å². The Hall–Kier alpha value is -2.53. The number of hydrogen-bond acceptors (Lipinski definition) is 9. The maximum Gasteiger partial charge on any atom is 0.238 e. The second kappa shape index (κ2) is 9.11. The number of ether oxygens (including phenoxy) is 1. The third-order valence-corrected chi connectivity index (χ3v) is 4.55. The fourth-order valence-electron chi connectivity index (χ4n) is 3.13. The van der Waals surface area contributed by atoms with Crippen molar-refractivity contribution in [3.63, 3.8) is 0 Å². The zero-order valence-corrected chi connectivity index (χ0v) is 16.4. The first-order valence-corrected chi connectivity index (χ1v) is 9.36. The molecule has 2 aromatic rings. The van der Waals surface area contributed by atoms with Gasteiger partial charge < -0.3 is 20.3 Å². The normalized spacial score (nSPS) is 15.3. The van der Waals surface area contributed by atoms with E-state index in [0.717, 1.165) is 25.9 Å². The number of methoxy groups -OCH3 is 1. The topological polar surface area (TPSA) is 120 Å². The van der Waals surface area contributed by atoms with Crippen molar-refractivity contribution in [1.29, 1.82) is 0 Å². The monoisotopic (exact) mass is 390 g/mol. The zero-order chi connectivity index (χ0) is 20.1. The molecule has 0 aromatic carbocycles. The molecule has 1 fully saturated rings. The van der Waals surface area contributed by atoms with Gasteiger partial charge >= 0.3 is 0 Å². The average molecular weight is 390 g/mol. The first-order valence-electron chi connectivity index (χ1n) is 9.36. The van der Waals surface area contributed by atoms with Crippen LogP contribution in [0, 0.1) is 0 Å². The SMILES string of the molecule is COC1CCN(c2nccc(Nc3cc(NC(C)C)c([NH+](O)O)cn3)n2)CC1. The summed E-state index contributed by atoms with van der Waals surface area (Å²) in [7, 11) is 1.75. The number of nitrogens with zero attached hydrogens (tertiary/aromatic N) is 4. The number of piperidine rings is 1. The van der Waals surface area contributed by atoms with E-state index in [0.29, 0.717) is 29.4 Å². The smallest absolute Gasteiger partial charge is 0.238 e. The first kappa shape index (κ1) is 20.2. The van der Waals surface area contributed by atoms with Crippen molar-refractivity contribution in [3.8, 4) is 0 Å². The minimum absolute atomic E-state index is 0.119. The Bertz CT molecular complexity index is 780. The summed E-state index contributed by atoms with van der Waals surface area (Å²) in [5, 5.41) is 24.5. The second-order valence-corrected chi connectivity index (χ2v) is 7.03. The molecule has 0 saturated carbocycles. The van der Waals surface area contributed by atoms with Crippen LogP contribution >= 0.6 is 0 Å². The highest BCUT2D eigenvalue weighted by molar-refractivity contribution is 5.67. The number of anilines is 4. The molecule has 1 aliphatic heterocycles. The van der Waals surface area contributed by atoms with Crippen molar-refractivity contribution < 1.29 is 20.4 Å². The molecular formula is C18H28N7O3+. The standard InChI is InChI=1S/C18H27N7O3/c1-12(2)21-14-10-17(20-11-15(14)25(26)27)22-16-4-7-19-18(23-16)24-8-5-13(28-3)6-9-24/h4,7,10-13,26-27H,5-6,8-9H2,1-3H3,(H2,19,20,21,22,23)/p+1. The third-order valence-electron chi connectivity index (χ3n) is 4.55. The van der Waals surface area contributed by atoms with E-state index in [1.807, 2.05) is 13.8 Å². The van der Waals surface area contributed by atoms with Crippen molar-refractivity contribution in [2.45, 2.75) is 38.8 Å². The molecule has 0 radical (unpaired) electrons. The summed E-state index contributed by atoms with van der Waals surface area (Å²) < 4.78 is 5.41. The minimum Gasteiger partial charge on any atom is -0.381 e. The highest BCUT2D eigenvalue weighted by atomic mass is 16.8. The van der Waals surface area contributed by atoms with Crippen LogP contribution in [-0.4, -0.2) is 57.7 Å². The van der Waals surface area contributed by atoms with Crippen LogP contribution in [0.4, 0.5) is 29.0 Å². The molecule has 3 rings (SSSR count). The Morgan fingerprint density at radius 1 is 1.21 bits per heavy atom. The largest absolute Gasteiger partial charge is 0.381 e. The number of rotatable bonds is 7. The number of quaternary nitrogens is 1. The van der Waals surface area contributed by atoms with Gasteiger partial charge in [-0.3, -0.25) is 0 Å². The molecule has 1 aliphatic rings. The summed E-state index contributed by atoms with van der Waals surface area (Å²) in [5.74, 6) is 1.82. The Morgan fingerprint density at radius 3 is 2.61 bits per heavy atom. The van der Waals surface area contributed by atoms with Gasteiger partial charge in [0.25, 0.3) is 0 Å². The third kappa shape index (κ3) is 5.04. The van der Waals surface area contributed by atoms with E-state index in [4.69, 9.17) is 4.74 Å². The van der Waals surface area contributed by atoms with Gasteiger partial charge in [-0.1, -0.05) is 0 Å². The van der Waals surface area contributed by atoms with Crippen LogP contribution in [0.25, 0.3) is 0 Å². The lowest BCUT2D eigenvalue weighted by Gasteiger charge is -2.31. The quantitative estimate of drug-likeness (QED) is 0.446. The van der Waals surface area contributed by atoms with Crippen molar-refractivity contribution in [2.75, 3.05) is 35.7 Å². The van der Waals surface area contributed by atoms with Crippen LogP contribution in [0.1, 0.15) is 26.7 Å². The molecular weight excluding hydrogens is 362 g/mol. The molecule has 3 heterocycles. The maximum atomic E-state index is 9.45. The van der Waals surface area contributed by atoms with E-state index in [2.05, 4.69) is 30.5 Å². The van der Waals surface area contributed by atoms with Gasteiger partial charge in [-0.25, -0.2) is 9.97 Å². The summed E-state index contributed by atoms with van der Waals surface area (Å²) in [6.07, 6.45) is 5.31. The summed E-state index contributed by atoms with van der Waals surface area (Å²) >= 11 is 0. The molecule has 10 heteroatoms. The predicted molar refractivity (Wildman–Crippen MR) is 105 cm³/mol. The van der Waals surface area contributed by atoms with Crippen LogP contribution < -0.4 is 20.8 Å². The van der Waals surface area contributed by atoms with Crippen molar-refractivity contribution in [3.05, 3.63) is 24.5 Å². The molecule has 0 bridgehead atoms. The Kier molecular flexibility index (Phi) is 6.57. The van der Waals surface area contributed by atoms with Crippen LogP contribution in [0.15, 0.2) is 24.5 Å². The van der Waals surface area contributed by atoms with E-state index in [1.54, 1.807) is 25.4 Å². The summed E-state index contributed by atoms with van der Waals surface area (Å²) in [6.45, 7) is 5.64. The Balaban J connectivity index is 1.75. The lowest BCUT2D eigenvalue weighted by molar-refractivity contribution is -1.19. The highest BCUT2D eigenvalue weighted by Gasteiger charge is 2.21. The summed E-state index contributed by atoms with van der Waals surface area (Å²) in [5.41, 5.74) is 0.812. The Morgan fingerprint density at radius 2 is 1.96 bits per heavy atom. The lowest BCUT2D eigenvalue weighted by Crippen LogP contribution is -3.02. The fraction of sp³-hybridized carbons (Fsp3) is 0.500. The van der Waals surface area contributed by atoms with Gasteiger partial charge in [0.05, 0.1) is 12.3 Å². The minimum atomic E-state index is -0.772. The van der Waals surface area contributed by atoms with Gasteiger partial charge in [0, 0.05) is 38.5 Å². The molecule has 10 nitrogen and oxygen atoms in total. The van der Waals surface area contributed by atoms with E-state index in [9.17, 15) is 10.4 Å². The molecule has 0 amide bonds. The Labute approximate surface area is 164 Å². The van der Waals surface area contributed by atoms with Crippen LogP contribution in [0.3, 0.4) is 0 Å². The molecule has 152 valence electrons. The van der Waals surface area contributed by atoms with Gasteiger partial charge in [-0.05, 0) is 38.0 Å². The maximum absolute atomic E-state index is 9.45. The summed E-state index contributed by atoms with van der Waals surface area (Å²) in [6, 6.07) is 3.61. The number of aromatic nitrogens is 3. The second-order valence-electron chi connectivity index (χ2n) is 7.03. The first-order chi connectivity index (χ1) is 13.5. The van der Waals surface area contributed by atoms with E-state index in [-0.39, 0.29) is 11.7 Å². The van der Waals surface area contributed by atoms with E-state index in [1.165, 1.54) is 6.20 Å². The average Bonchev–Trinajstić information content (AvgIpc) is 2.68. The van der Waals surface area contributed by atoms with Crippen LogP contribution in [0.5, 0.6) is 0 Å². The number of hydrogen-bond donors (Lipinski definition) is 5. The highest BCUT2D eigenvalue weighted by Crippen LogP contribution is 2.24. The molecule has 0 unspecified atom stereocenters. The molecule has 2 aromatic heterocycles. The van der Waals surface area contributed by atoms with Crippen LogP contribution in [0.2, 0.25) is 0 Å².